The van der Waals surface area contributed by atoms with Crippen LogP contribution in [0.15, 0.2) is 40.9 Å². The van der Waals surface area contributed by atoms with E-state index in [0.717, 1.165) is 21.6 Å². The van der Waals surface area contributed by atoms with Gasteiger partial charge in [0.25, 0.3) is 0 Å². The summed E-state index contributed by atoms with van der Waals surface area (Å²) in [4.78, 5) is 0. The van der Waals surface area contributed by atoms with Crippen molar-refractivity contribution in [1.82, 2.24) is 0 Å². The van der Waals surface area contributed by atoms with Gasteiger partial charge in [0.1, 0.15) is 5.75 Å². The molecule has 5 heteroatoms. The number of ether oxygens (including phenoxy) is 1. The lowest BCUT2D eigenvalue weighted by Gasteiger charge is -2.12. The van der Waals surface area contributed by atoms with Crippen LogP contribution in [-0.4, -0.2) is 7.11 Å². The molecule has 0 amide bonds. The molecular formula is C13H12BrClN2O. The molecule has 2 aromatic rings. The van der Waals surface area contributed by atoms with Gasteiger partial charge in [-0.05, 0) is 30.3 Å². The van der Waals surface area contributed by atoms with Crippen molar-refractivity contribution in [3.63, 3.8) is 0 Å². The maximum absolute atomic E-state index is 6.11. The first kappa shape index (κ1) is 13.1. The van der Waals surface area contributed by atoms with Gasteiger partial charge in [0.15, 0.2) is 0 Å². The molecule has 0 aliphatic rings. The first-order chi connectivity index (χ1) is 8.60. The van der Waals surface area contributed by atoms with E-state index in [1.165, 1.54) is 0 Å². The molecule has 0 aliphatic carbocycles. The molecule has 3 N–H and O–H groups in total. The van der Waals surface area contributed by atoms with E-state index in [1.807, 2.05) is 30.3 Å². The summed E-state index contributed by atoms with van der Waals surface area (Å²) in [5, 5.41) is 3.82. The summed E-state index contributed by atoms with van der Waals surface area (Å²) in [6.07, 6.45) is 0. The number of nitrogen functional groups attached to an aromatic ring is 1. The monoisotopic (exact) mass is 326 g/mol. The Balaban J connectivity index is 2.31. The minimum atomic E-state index is 0.602. The molecule has 94 valence electrons. The lowest BCUT2D eigenvalue weighted by Crippen LogP contribution is -1.97. The summed E-state index contributed by atoms with van der Waals surface area (Å²) in [7, 11) is 1.60. The highest BCUT2D eigenvalue weighted by Crippen LogP contribution is 2.32. The molecule has 0 radical (unpaired) electrons. The molecule has 0 fully saturated rings. The lowest BCUT2D eigenvalue weighted by atomic mass is 10.2. The van der Waals surface area contributed by atoms with Gasteiger partial charge >= 0.3 is 0 Å². The molecule has 0 bridgehead atoms. The van der Waals surface area contributed by atoms with Crippen LogP contribution in [0.5, 0.6) is 5.75 Å². The molecule has 0 saturated heterocycles. The molecule has 0 heterocycles. The predicted octanol–water partition coefficient (Wildman–Crippen LogP) is 4.44. The van der Waals surface area contributed by atoms with Crippen molar-refractivity contribution in [3.8, 4) is 5.75 Å². The lowest BCUT2D eigenvalue weighted by molar-refractivity contribution is 0.415. The number of halogens is 2. The Hall–Kier alpha value is -1.39. The number of nitrogens with one attached hydrogen (secondary N) is 1. The van der Waals surface area contributed by atoms with Crippen molar-refractivity contribution in [2.75, 3.05) is 18.2 Å². The van der Waals surface area contributed by atoms with Gasteiger partial charge in [-0.1, -0.05) is 27.5 Å². The summed E-state index contributed by atoms with van der Waals surface area (Å²) in [5.41, 5.74) is 8.12. The van der Waals surface area contributed by atoms with Crippen LogP contribution in [0.25, 0.3) is 0 Å². The van der Waals surface area contributed by atoms with Crippen molar-refractivity contribution in [1.29, 1.82) is 0 Å². The fourth-order valence-electron chi connectivity index (χ4n) is 1.52. The van der Waals surface area contributed by atoms with Gasteiger partial charge in [0, 0.05) is 10.5 Å². The highest BCUT2D eigenvalue weighted by molar-refractivity contribution is 9.10. The molecule has 2 aromatic carbocycles. The smallest absolute Gasteiger partial charge is 0.121 e. The first-order valence-electron chi connectivity index (χ1n) is 5.26. The Morgan fingerprint density at radius 2 is 1.94 bits per heavy atom. The third-order valence-electron chi connectivity index (χ3n) is 2.46. The zero-order valence-electron chi connectivity index (χ0n) is 9.71. The third kappa shape index (κ3) is 2.89. The number of anilines is 3. The predicted molar refractivity (Wildman–Crippen MR) is 79.8 cm³/mol. The number of methoxy groups -OCH3 is 1. The molecule has 3 nitrogen and oxygen atoms in total. The topological polar surface area (TPSA) is 47.3 Å². The van der Waals surface area contributed by atoms with E-state index in [-0.39, 0.29) is 0 Å². The molecule has 0 unspecified atom stereocenters. The van der Waals surface area contributed by atoms with E-state index in [4.69, 9.17) is 22.1 Å². The van der Waals surface area contributed by atoms with E-state index in [1.54, 1.807) is 13.2 Å². The summed E-state index contributed by atoms with van der Waals surface area (Å²) in [6, 6.07) is 11.0. The summed E-state index contributed by atoms with van der Waals surface area (Å²) < 4.78 is 6.05. The Labute approximate surface area is 119 Å². The first-order valence-corrected chi connectivity index (χ1v) is 6.43. The van der Waals surface area contributed by atoms with Crippen molar-refractivity contribution < 1.29 is 4.74 Å². The largest absolute Gasteiger partial charge is 0.497 e. The van der Waals surface area contributed by atoms with Crippen LogP contribution in [0.4, 0.5) is 17.1 Å². The van der Waals surface area contributed by atoms with Crippen LogP contribution >= 0.6 is 27.5 Å². The minimum absolute atomic E-state index is 0.602. The second-order valence-electron chi connectivity index (χ2n) is 3.70. The standard InChI is InChI=1S/C13H12BrClN2O/c1-18-9-3-5-12(11(16)7-9)17-13-6-8(14)2-4-10(13)15/h2-7,17H,16H2,1H3. The van der Waals surface area contributed by atoms with E-state index < -0.39 is 0 Å². The average Bonchev–Trinajstić information content (AvgIpc) is 2.36. The second kappa shape index (κ2) is 5.50. The van der Waals surface area contributed by atoms with Crippen molar-refractivity contribution in [2.45, 2.75) is 0 Å². The molecular weight excluding hydrogens is 316 g/mol. The summed E-state index contributed by atoms with van der Waals surface area (Å²) in [5.74, 6) is 0.721. The van der Waals surface area contributed by atoms with Crippen LogP contribution in [0.3, 0.4) is 0 Å². The molecule has 18 heavy (non-hydrogen) atoms. The van der Waals surface area contributed by atoms with Gasteiger partial charge in [-0.25, -0.2) is 0 Å². The van der Waals surface area contributed by atoms with Gasteiger partial charge < -0.3 is 15.8 Å². The fourth-order valence-corrected chi connectivity index (χ4v) is 2.05. The molecule has 0 aliphatic heterocycles. The van der Waals surface area contributed by atoms with Gasteiger partial charge in [0.2, 0.25) is 0 Å². The Morgan fingerprint density at radius 3 is 2.61 bits per heavy atom. The van der Waals surface area contributed by atoms with E-state index >= 15 is 0 Å². The van der Waals surface area contributed by atoms with Crippen molar-refractivity contribution in [3.05, 3.63) is 45.9 Å². The number of hydrogen-bond donors (Lipinski definition) is 2. The van der Waals surface area contributed by atoms with Gasteiger partial charge in [0.05, 0.1) is 29.2 Å². The fraction of sp³-hybridized carbons (Fsp3) is 0.0769. The summed E-state index contributed by atoms with van der Waals surface area (Å²) >= 11 is 9.51. The third-order valence-corrected chi connectivity index (χ3v) is 3.28. The van der Waals surface area contributed by atoms with Gasteiger partial charge in [-0.15, -0.1) is 0 Å². The molecule has 0 aromatic heterocycles. The quantitative estimate of drug-likeness (QED) is 0.819. The highest BCUT2D eigenvalue weighted by Gasteiger charge is 2.05. The Bertz CT molecular complexity index is 575. The number of hydrogen-bond acceptors (Lipinski definition) is 3. The van der Waals surface area contributed by atoms with Gasteiger partial charge in [-0.3, -0.25) is 0 Å². The summed E-state index contributed by atoms with van der Waals surface area (Å²) in [6.45, 7) is 0. The number of rotatable bonds is 3. The average molecular weight is 328 g/mol. The van der Waals surface area contributed by atoms with Crippen LogP contribution < -0.4 is 15.8 Å². The van der Waals surface area contributed by atoms with Crippen LogP contribution in [0.2, 0.25) is 5.02 Å². The SMILES string of the molecule is COc1ccc(Nc2cc(Br)ccc2Cl)c(N)c1. The van der Waals surface area contributed by atoms with Gasteiger partial charge in [-0.2, -0.15) is 0 Å². The molecule has 2 rings (SSSR count). The zero-order valence-corrected chi connectivity index (χ0v) is 12.0. The van der Waals surface area contributed by atoms with E-state index in [0.29, 0.717) is 10.7 Å². The zero-order chi connectivity index (χ0) is 13.1. The molecule has 0 spiro atoms. The Kier molecular flexibility index (Phi) is 3.99. The minimum Gasteiger partial charge on any atom is -0.497 e. The van der Waals surface area contributed by atoms with Crippen LogP contribution in [0.1, 0.15) is 0 Å². The molecule has 0 saturated carbocycles. The highest BCUT2D eigenvalue weighted by atomic mass is 79.9. The molecule has 0 atom stereocenters. The maximum Gasteiger partial charge on any atom is 0.121 e. The van der Waals surface area contributed by atoms with Crippen molar-refractivity contribution >= 4 is 44.6 Å². The van der Waals surface area contributed by atoms with Crippen LogP contribution in [-0.2, 0) is 0 Å². The normalized spacial score (nSPS) is 10.2. The second-order valence-corrected chi connectivity index (χ2v) is 5.03. The van der Waals surface area contributed by atoms with Crippen LogP contribution in [0, 0.1) is 0 Å². The maximum atomic E-state index is 6.11. The van der Waals surface area contributed by atoms with Crippen molar-refractivity contribution in [2.24, 2.45) is 0 Å². The Morgan fingerprint density at radius 1 is 1.17 bits per heavy atom. The number of nitrogens with two attached hydrogens (primary N) is 1. The van der Waals surface area contributed by atoms with E-state index in [2.05, 4.69) is 21.2 Å². The van der Waals surface area contributed by atoms with E-state index in [9.17, 15) is 0 Å². The number of benzene rings is 2.